The molecule has 0 atom stereocenters. The van der Waals surface area contributed by atoms with Crippen LogP contribution in [0.2, 0.25) is 5.15 Å². The summed E-state index contributed by atoms with van der Waals surface area (Å²) in [6, 6.07) is 1.48. The van der Waals surface area contributed by atoms with Gasteiger partial charge in [-0.1, -0.05) is 16.8 Å². The number of amides is 1. The predicted octanol–water partition coefficient (Wildman–Crippen LogP) is 0.892. The van der Waals surface area contributed by atoms with E-state index in [0.29, 0.717) is 11.5 Å². The molecule has 0 saturated carbocycles. The Balaban J connectivity index is 1.99. The molecule has 3 N–H and O–H groups in total. The van der Waals surface area contributed by atoms with Gasteiger partial charge in [0, 0.05) is 18.0 Å². The number of halogens is 1. The molecule has 2 heterocycles. The van der Waals surface area contributed by atoms with E-state index in [1.54, 1.807) is 5.38 Å². The standard InChI is InChI=1S/C10H9ClN4O4S/c11-7-3-6(19-15-7)5-4-20-10(13-5)14-8(16)9(17)18-2-1-12/h3-4H,1-2,12H2,(H,13,14,16). The minimum atomic E-state index is -1.02. The molecule has 10 heteroatoms. The van der Waals surface area contributed by atoms with Crippen LogP contribution in [-0.4, -0.2) is 35.2 Å². The first kappa shape index (κ1) is 14.4. The number of carbonyl (C=O) groups is 2. The summed E-state index contributed by atoms with van der Waals surface area (Å²) in [6.07, 6.45) is 0. The molecule has 0 aliphatic carbocycles. The monoisotopic (exact) mass is 316 g/mol. The number of nitrogens with zero attached hydrogens (tertiary/aromatic N) is 2. The molecule has 0 bridgehead atoms. The molecular weight excluding hydrogens is 308 g/mol. The van der Waals surface area contributed by atoms with E-state index < -0.39 is 11.9 Å². The van der Waals surface area contributed by atoms with Crippen molar-refractivity contribution in [1.82, 2.24) is 10.1 Å². The largest absolute Gasteiger partial charge is 0.457 e. The van der Waals surface area contributed by atoms with Crippen molar-refractivity contribution in [3.05, 3.63) is 16.6 Å². The van der Waals surface area contributed by atoms with E-state index in [9.17, 15) is 9.59 Å². The predicted molar refractivity (Wildman–Crippen MR) is 71.3 cm³/mol. The van der Waals surface area contributed by atoms with Gasteiger partial charge in [-0.05, 0) is 0 Å². The maximum absolute atomic E-state index is 11.5. The van der Waals surface area contributed by atoms with Crippen LogP contribution in [0.25, 0.3) is 11.5 Å². The third-order valence-electron chi connectivity index (χ3n) is 1.99. The van der Waals surface area contributed by atoms with Gasteiger partial charge in [0.1, 0.15) is 12.3 Å². The summed E-state index contributed by atoms with van der Waals surface area (Å²) in [5, 5.41) is 7.86. The van der Waals surface area contributed by atoms with Crippen molar-refractivity contribution >= 4 is 39.9 Å². The molecule has 2 rings (SSSR count). The summed E-state index contributed by atoms with van der Waals surface area (Å²) in [4.78, 5) is 26.7. The number of esters is 1. The Morgan fingerprint density at radius 3 is 3.00 bits per heavy atom. The first-order valence-electron chi connectivity index (χ1n) is 5.36. The molecule has 0 aliphatic heterocycles. The van der Waals surface area contributed by atoms with Crippen LogP contribution < -0.4 is 11.1 Å². The van der Waals surface area contributed by atoms with Crippen molar-refractivity contribution in [2.24, 2.45) is 5.73 Å². The van der Waals surface area contributed by atoms with Gasteiger partial charge in [-0.2, -0.15) is 0 Å². The number of anilines is 1. The number of hydrogen-bond acceptors (Lipinski definition) is 8. The van der Waals surface area contributed by atoms with Crippen molar-refractivity contribution in [2.75, 3.05) is 18.5 Å². The van der Waals surface area contributed by atoms with E-state index in [1.807, 2.05) is 0 Å². The number of rotatable bonds is 4. The summed E-state index contributed by atoms with van der Waals surface area (Å²) >= 11 is 6.74. The molecule has 1 amide bonds. The zero-order valence-electron chi connectivity index (χ0n) is 9.96. The van der Waals surface area contributed by atoms with Crippen LogP contribution in [-0.2, 0) is 14.3 Å². The maximum atomic E-state index is 11.5. The third-order valence-corrected chi connectivity index (χ3v) is 2.93. The van der Waals surface area contributed by atoms with E-state index in [0.717, 1.165) is 11.3 Å². The first-order valence-corrected chi connectivity index (χ1v) is 6.62. The molecule has 0 unspecified atom stereocenters. The Bertz CT molecular complexity index is 626. The minimum absolute atomic E-state index is 0.0219. The Hall–Kier alpha value is -1.97. The molecule has 8 nitrogen and oxygen atoms in total. The number of carbonyl (C=O) groups excluding carboxylic acids is 2. The molecule has 0 spiro atoms. The fraction of sp³-hybridized carbons (Fsp3) is 0.200. The highest BCUT2D eigenvalue weighted by Gasteiger charge is 2.18. The fourth-order valence-electron chi connectivity index (χ4n) is 1.18. The van der Waals surface area contributed by atoms with Crippen molar-refractivity contribution < 1.29 is 18.8 Å². The van der Waals surface area contributed by atoms with Crippen molar-refractivity contribution in [3.8, 4) is 11.5 Å². The number of thiazole rings is 1. The lowest BCUT2D eigenvalue weighted by Gasteiger charge is -2.01. The van der Waals surface area contributed by atoms with Crippen molar-refractivity contribution in [3.63, 3.8) is 0 Å². The Morgan fingerprint density at radius 1 is 1.55 bits per heavy atom. The second-order valence-corrected chi connectivity index (χ2v) is 4.68. The Labute approximate surface area is 121 Å². The average Bonchev–Trinajstić information content (AvgIpc) is 3.04. The zero-order chi connectivity index (χ0) is 14.5. The van der Waals surface area contributed by atoms with Gasteiger partial charge in [0.2, 0.25) is 0 Å². The number of nitrogens with one attached hydrogen (secondary N) is 1. The van der Waals surface area contributed by atoms with Gasteiger partial charge in [-0.15, -0.1) is 11.3 Å². The van der Waals surface area contributed by atoms with E-state index in [4.69, 9.17) is 21.9 Å². The lowest BCUT2D eigenvalue weighted by atomic mass is 10.4. The van der Waals surface area contributed by atoms with Crippen molar-refractivity contribution in [1.29, 1.82) is 0 Å². The molecular formula is C10H9ClN4O4S. The van der Waals surface area contributed by atoms with Gasteiger partial charge >= 0.3 is 11.9 Å². The summed E-state index contributed by atoms with van der Waals surface area (Å²) in [5.74, 6) is -1.58. The molecule has 2 aromatic heterocycles. The number of aromatic nitrogens is 2. The number of nitrogens with two attached hydrogens (primary N) is 1. The maximum Gasteiger partial charge on any atom is 0.397 e. The van der Waals surface area contributed by atoms with E-state index in [1.165, 1.54) is 6.07 Å². The van der Waals surface area contributed by atoms with Crippen LogP contribution >= 0.6 is 22.9 Å². The van der Waals surface area contributed by atoms with Gasteiger partial charge in [0.15, 0.2) is 16.0 Å². The number of ether oxygens (including phenoxy) is 1. The van der Waals surface area contributed by atoms with Crippen LogP contribution in [0, 0.1) is 0 Å². The number of hydrogen-bond donors (Lipinski definition) is 2. The summed E-state index contributed by atoms with van der Waals surface area (Å²) in [5.41, 5.74) is 5.60. The molecule has 2 aromatic rings. The average molecular weight is 317 g/mol. The van der Waals surface area contributed by atoms with E-state index in [-0.39, 0.29) is 23.4 Å². The highest BCUT2D eigenvalue weighted by atomic mass is 35.5. The third kappa shape index (κ3) is 3.53. The van der Waals surface area contributed by atoms with Crippen LogP contribution in [0.5, 0.6) is 0 Å². The van der Waals surface area contributed by atoms with Crippen LogP contribution in [0.15, 0.2) is 16.0 Å². The van der Waals surface area contributed by atoms with Gasteiger partial charge in [-0.3, -0.25) is 10.1 Å². The van der Waals surface area contributed by atoms with E-state index >= 15 is 0 Å². The minimum Gasteiger partial charge on any atom is -0.457 e. The van der Waals surface area contributed by atoms with Crippen LogP contribution in [0.1, 0.15) is 0 Å². The molecule has 0 saturated heterocycles. The van der Waals surface area contributed by atoms with Gasteiger partial charge in [-0.25, -0.2) is 9.78 Å². The van der Waals surface area contributed by atoms with E-state index in [2.05, 4.69) is 20.2 Å². The molecule has 20 heavy (non-hydrogen) atoms. The normalized spacial score (nSPS) is 10.3. The summed E-state index contributed by atoms with van der Waals surface area (Å²) < 4.78 is 9.49. The zero-order valence-corrected chi connectivity index (χ0v) is 11.5. The summed E-state index contributed by atoms with van der Waals surface area (Å²) in [7, 11) is 0. The molecule has 0 aliphatic rings. The van der Waals surface area contributed by atoms with Gasteiger partial charge in [0.25, 0.3) is 0 Å². The quantitative estimate of drug-likeness (QED) is 0.634. The van der Waals surface area contributed by atoms with Crippen LogP contribution in [0.3, 0.4) is 0 Å². The SMILES string of the molecule is NCCOC(=O)C(=O)Nc1nc(-c2cc(Cl)no2)cs1. The Morgan fingerprint density at radius 2 is 2.35 bits per heavy atom. The fourth-order valence-corrected chi connectivity index (χ4v) is 2.01. The highest BCUT2D eigenvalue weighted by molar-refractivity contribution is 7.14. The van der Waals surface area contributed by atoms with Gasteiger partial charge in [0.05, 0.1) is 0 Å². The lowest BCUT2D eigenvalue weighted by Crippen LogP contribution is -2.26. The smallest absolute Gasteiger partial charge is 0.397 e. The molecule has 0 fully saturated rings. The molecule has 0 aromatic carbocycles. The van der Waals surface area contributed by atoms with Crippen molar-refractivity contribution in [2.45, 2.75) is 0 Å². The molecule has 0 radical (unpaired) electrons. The van der Waals surface area contributed by atoms with Crippen LogP contribution in [0.4, 0.5) is 5.13 Å². The second-order valence-electron chi connectivity index (χ2n) is 3.43. The first-order chi connectivity index (χ1) is 9.60. The lowest BCUT2D eigenvalue weighted by molar-refractivity contribution is -0.152. The Kier molecular flexibility index (Phi) is 4.66. The highest BCUT2D eigenvalue weighted by Crippen LogP contribution is 2.26. The topological polar surface area (TPSA) is 120 Å². The second kappa shape index (κ2) is 6.46. The summed E-state index contributed by atoms with van der Waals surface area (Å²) in [6.45, 7) is 0.124. The molecule has 106 valence electrons. The van der Waals surface area contributed by atoms with Gasteiger partial charge < -0.3 is 15.0 Å².